The van der Waals surface area contributed by atoms with Crippen LogP contribution in [0.2, 0.25) is 0 Å². The van der Waals surface area contributed by atoms with Crippen LogP contribution in [-0.4, -0.2) is 36.2 Å². The summed E-state index contributed by atoms with van der Waals surface area (Å²) in [5.41, 5.74) is 6.31. The molecule has 0 spiro atoms. The van der Waals surface area contributed by atoms with Crippen molar-refractivity contribution in [3.63, 3.8) is 0 Å². The molecule has 0 saturated carbocycles. The Hall–Kier alpha value is -4.30. The maximum Gasteiger partial charge on any atom is 0.303 e. The molecule has 0 unspecified atom stereocenters. The highest BCUT2D eigenvalue weighted by Gasteiger charge is 2.17. The van der Waals surface area contributed by atoms with Crippen LogP contribution < -0.4 is 4.74 Å². The first kappa shape index (κ1) is 20.3. The Morgan fingerprint density at radius 2 is 1.74 bits per heavy atom. The quantitative estimate of drug-likeness (QED) is 0.327. The van der Waals surface area contributed by atoms with Crippen molar-refractivity contribution in [1.29, 1.82) is 0 Å². The van der Waals surface area contributed by atoms with Crippen molar-refractivity contribution in [2.75, 3.05) is 7.11 Å². The molecule has 5 heterocycles. The van der Waals surface area contributed by atoms with Crippen LogP contribution in [0, 0.1) is 6.92 Å². The Kier molecular flexibility index (Phi) is 4.92. The van der Waals surface area contributed by atoms with Gasteiger partial charge in [-0.2, -0.15) is 4.98 Å². The Bertz CT molecular complexity index is 1580. The summed E-state index contributed by atoms with van der Waals surface area (Å²) < 4.78 is 9.52. The highest BCUT2D eigenvalue weighted by Crippen LogP contribution is 2.31. The first-order valence-electron chi connectivity index (χ1n) is 10.8. The third-order valence-corrected chi connectivity index (χ3v) is 6.50. The van der Waals surface area contributed by atoms with Gasteiger partial charge in [0.25, 0.3) is 0 Å². The molecule has 0 aliphatic rings. The van der Waals surface area contributed by atoms with Gasteiger partial charge in [0.05, 0.1) is 35.3 Å². The van der Waals surface area contributed by atoms with E-state index in [1.54, 1.807) is 24.6 Å². The van der Waals surface area contributed by atoms with Gasteiger partial charge in [-0.15, -0.1) is 11.3 Å². The number of hydrogen-bond donors (Lipinski definition) is 0. The molecule has 6 aromatic rings. The van der Waals surface area contributed by atoms with Crippen LogP contribution in [-0.2, 0) is 0 Å². The van der Waals surface area contributed by atoms with Gasteiger partial charge in [-0.1, -0.05) is 6.07 Å². The van der Waals surface area contributed by atoms with E-state index in [1.807, 2.05) is 54.1 Å². The van der Waals surface area contributed by atoms with Crippen molar-refractivity contribution in [2.24, 2.45) is 0 Å². The lowest BCUT2D eigenvalue weighted by atomic mass is 10.2. The van der Waals surface area contributed by atoms with Crippen molar-refractivity contribution in [3.05, 3.63) is 90.3 Å². The van der Waals surface area contributed by atoms with Crippen molar-refractivity contribution < 1.29 is 4.74 Å². The van der Waals surface area contributed by atoms with Crippen molar-refractivity contribution in [1.82, 2.24) is 29.1 Å². The first-order chi connectivity index (χ1) is 16.7. The second-order valence-corrected chi connectivity index (χ2v) is 8.73. The molecule has 0 amide bonds. The Morgan fingerprint density at radius 3 is 2.47 bits per heavy atom. The maximum absolute atomic E-state index is 5.52. The van der Waals surface area contributed by atoms with Crippen LogP contribution in [0.25, 0.3) is 44.5 Å². The van der Waals surface area contributed by atoms with Gasteiger partial charge in [-0.3, -0.25) is 9.55 Å². The first-order valence-corrected chi connectivity index (χ1v) is 11.6. The third-order valence-electron chi connectivity index (χ3n) is 5.61. The second kappa shape index (κ2) is 8.24. The van der Waals surface area contributed by atoms with E-state index < -0.39 is 0 Å². The van der Waals surface area contributed by atoms with Gasteiger partial charge in [0.1, 0.15) is 11.3 Å². The van der Waals surface area contributed by atoms with Gasteiger partial charge in [-0.05, 0) is 66.9 Å². The zero-order valence-corrected chi connectivity index (χ0v) is 19.4. The largest absolute Gasteiger partial charge is 0.468 e. The maximum atomic E-state index is 5.52. The third kappa shape index (κ3) is 3.45. The number of ether oxygens (including phenoxy) is 1. The van der Waals surface area contributed by atoms with E-state index >= 15 is 0 Å². The molecule has 0 saturated heterocycles. The van der Waals surface area contributed by atoms with E-state index in [1.165, 1.54) is 0 Å². The van der Waals surface area contributed by atoms with Gasteiger partial charge in [0.2, 0.25) is 0 Å². The monoisotopic (exact) mass is 464 g/mol. The van der Waals surface area contributed by atoms with E-state index in [0.717, 1.165) is 50.2 Å². The molecule has 6 rings (SSSR count). The average Bonchev–Trinajstić information content (AvgIpc) is 3.62. The van der Waals surface area contributed by atoms with Gasteiger partial charge < -0.3 is 4.74 Å². The number of imidazole rings is 2. The number of thiophene rings is 1. The zero-order valence-electron chi connectivity index (χ0n) is 18.6. The standard InChI is InChI=1S/C26H20N6OS/c1-17-7-10-20(15-28-17)31-16-22(23-6-4-14-34-23)29-24(31)18-8-11-19(12-9-18)32-25-21(5-3-13-27-25)30-26(32)33-2/h3-16H,1-2H3. The number of aromatic nitrogens is 6. The van der Waals surface area contributed by atoms with E-state index in [0.29, 0.717) is 6.01 Å². The lowest BCUT2D eigenvalue weighted by molar-refractivity contribution is 0.375. The molecule has 0 bridgehead atoms. The molecular weight excluding hydrogens is 444 g/mol. The number of pyridine rings is 2. The molecule has 7 nitrogen and oxygen atoms in total. The summed E-state index contributed by atoms with van der Waals surface area (Å²) in [7, 11) is 1.62. The Labute approximate surface area is 200 Å². The highest BCUT2D eigenvalue weighted by atomic mass is 32.1. The van der Waals surface area contributed by atoms with Crippen LogP contribution in [0.3, 0.4) is 0 Å². The number of aryl methyl sites for hydroxylation is 1. The van der Waals surface area contributed by atoms with E-state index in [2.05, 4.69) is 55.4 Å². The molecule has 1 aromatic carbocycles. The summed E-state index contributed by atoms with van der Waals surface area (Å²) in [5, 5.41) is 2.06. The molecular formula is C26H20N6OS. The molecule has 166 valence electrons. The van der Waals surface area contributed by atoms with Gasteiger partial charge in [-0.25, -0.2) is 14.5 Å². The Balaban J connectivity index is 1.46. The Morgan fingerprint density at radius 1 is 0.882 bits per heavy atom. The number of hydrogen-bond acceptors (Lipinski definition) is 6. The van der Waals surface area contributed by atoms with Crippen molar-refractivity contribution in [2.45, 2.75) is 6.92 Å². The predicted octanol–water partition coefficient (Wildman–Crippen LogP) is 5.71. The number of rotatable bonds is 5. The lowest BCUT2D eigenvalue weighted by Gasteiger charge is -2.10. The molecule has 0 fully saturated rings. The molecule has 8 heteroatoms. The number of fused-ring (bicyclic) bond motifs is 1. The van der Waals surface area contributed by atoms with E-state index in [4.69, 9.17) is 9.72 Å². The molecule has 0 atom stereocenters. The smallest absolute Gasteiger partial charge is 0.303 e. The summed E-state index contributed by atoms with van der Waals surface area (Å²) in [6.07, 6.45) is 5.70. The highest BCUT2D eigenvalue weighted by molar-refractivity contribution is 7.13. The van der Waals surface area contributed by atoms with E-state index in [-0.39, 0.29) is 0 Å². The molecule has 0 radical (unpaired) electrons. The van der Waals surface area contributed by atoms with Crippen molar-refractivity contribution in [3.8, 4) is 39.3 Å². The minimum absolute atomic E-state index is 0.494. The normalized spacial score (nSPS) is 11.2. The van der Waals surface area contributed by atoms with Crippen LogP contribution in [0.1, 0.15) is 5.69 Å². The topological polar surface area (TPSA) is 70.7 Å². The SMILES string of the molecule is COc1nc2cccnc2n1-c1ccc(-c2nc(-c3cccs3)cn2-c2ccc(C)nc2)cc1. The summed E-state index contributed by atoms with van der Waals surface area (Å²) in [6.45, 7) is 1.98. The fraction of sp³-hybridized carbons (Fsp3) is 0.0769. The number of methoxy groups -OCH3 is 1. The number of nitrogens with zero attached hydrogens (tertiary/aromatic N) is 6. The minimum atomic E-state index is 0.494. The van der Waals surface area contributed by atoms with Crippen molar-refractivity contribution >= 4 is 22.5 Å². The van der Waals surface area contributed by atoms with Crippen LogP contribution in [0.15, 0.2) is 84.6 Å². The van der Waals surface area contributed by atoms with Crippen LogP contribution in [0.4, 0.5) is 0 Å². The summed E-state index contributed by atoms with van der Waals surface area (Å²) in [4.78, 5) is 19.6. The summed E-state index contributed by atoms with van der Waals surface area (Å²) >= 11 is 1.67. The van der Waals surface area contributed by atoms with Gasteiger partial charge in [0, 0.05) is 23.7 Å². The van der Waals surface area contributed by atoms with Gasteiger partial charge in [0.15, 0.2) is 5.65 Å². The van der Waals surface area contributed by atoms with Crippen LogP contribution >= 0.6 is 11.3 Å². The fourth-order valence-electron chi connectivity index (χ4n) is 3.95. The van der Waals surface area contributed by atoms with Gasteiger partial charge >= 0.3 is 6.01 Å². The molecule has 34 heavy (non-hydrogen) atoms. The van der Waals surface area contributed by atoms with Crippen LogP contribution in [0.5, 0.6) is 6.01 Å². The predicted molar refractivity (Wildman–Crippen MR) is 134 cm³/mol. The molecule has 0 aliphatic heterocycles. The lowest BCUT2D eigenvalue weighted by Crippen LogP contribution is -2.00. The summed E-state index contributed by atoms with van der Waals surface area (Å²) in [5.74, 6) is 0.848. The fourth-order valence-corrected chi connectivity index (χ4v) is 4.63. The zero-order chi connectivity index (χ0) is 23.1. The molecule has 0 aliphatic carbocycles. The second-order valence-electron chi connectivity index (χ2n) is 7.78. The van der Waals surface area contributed by atoms with E-state index in [9.17, 15) is 0 Å². The number of benzene rings is 1. The minimum Gasteiger partial charge on any atom is -0.468 e. The molecule has 5 aromatic heterocycles. The molecule has 0 N–H and O–H groups in total. The summed E-state index contributed by atoms with van der Waals surface area (Å²) in [6, 6.07) is 20.7. The average molecular weight is 465 g/mol.